The number of hydrogen-bond donors (Lipinski definition) is 0. The van der Waals surface area contributed by atoms with Crippen molar-refractivity contribution in [1.82, 2.24) is 25.0 Å². The summed E-state index contributed by atoms with van der Waals surface area (Å²) in [5.74, 6) is -0.394. The van der Waals surface area contributed by atoms with E-state index in [0.29, 0.717) is 51.5 Å². The van der Waals surface area contributed by atoms with Gasteiger partial charge in [-0.2, -0.15) is 4.98 Å². The van der Waals surface area contributed by atoms with Gasteiger partial charge < -0.3 is 4.90 Å². The summed E-state index contributed by atoms with van der Waals surface area (Å²) in [7, 11) is 0. The third kappa shape index (κ3) is 3.91. The maximum atomic E-state index is 14.6. The number of hydroxylamine groups is 2. The normalized spacial score (nSPS) is 24.0. The van der Waals surface area contributed by atoms with E-state index in [-0.39, 0.29) is 35.0 Å². The SMILES string of the molecule is Cc1cnc([C@@H]2CCON2C(=O)C2CCN(c3ncc(F)c(N4CCC5(CC5)C4=O)n3)CC2)cn1. The van der Waals surface area contributed by atoms with E-state index >= 15 is 0 Å². The number of halogens is 1. The third-order valence-corrected chi connectivity index (χ3v) is 7.73. The lowest BCUT2D eigenvalue weighted by atomic mass is 9.95. The molecule has 184 valence electrons. The van der Waals surface area contributed by atoms with Crippen LogP contribution in [-0.2, 0) is 14.4 Å². The van der Waals surface area contributed by atoms with Crippen molar-refractivity contribution in [1.29, 1.82) is 0 Å². The zero-order valence-electron chi connectivity index (χ0n) is 19.7. The number of piperidine rings is 1. The smallest absolute Gasteiger partial charge is 0.250 e. The van der Waals surface area contributed by atoms with Crippen LogP contribution in [0.25, 0.3) is 0 Å². The van der Waals surface area contributed by atoms with Crippen LogP contribution in [0, 0.1) is 24.1 Å². The fourth-order valence-corrected chi connectivity index (χ4v) is 5.36. The first-order valence-corrected chi connectivity index (χ1v) is 12.3. The van der Waals surface area contributed by atoms with Gasteiger partial charge in [0.15, 0.2) is 11.6 Å². The molecule has 2 aromatic rings. The minimum atomic E-state index is -0.582. The van der Waals surface area contributed by atoms with Crippen LogP contribution >= 0.6 is 0 Å². The number of nitrogens with zero attached hydrogens (tertiary/aromatic N) is 7. The standard InChI is InChI=1S/C24H28FN7O3/c1-15-12-27-18(14-26-15)19-4-11-35-32(19)21(33)16-2-8-30(9-3-16)23-28-13-17(25)20(29-23)31-10-7-24(5-6-24)22(31)34/h12-14,16,19H,2-11H2,1H3/t19-/m0/s1. The van der Waals surface area contributed by atoms with E-state index < -0.39 is 5.82 Å². The first-order chi connectivity index (χ1) is 16.9. The number of hydrogen-bond acceptors (Lipinski definition) is 8. The molecule has 3 aliphatic heterocycles. The highest BCUT2D eigenvalue weighted by Crippen LogP contribution is 2.54. The van der Waals surface area contributed by atoms with Crippen LogP contribution in [0.2, 0.25) is 0 Å². The van der Waals surface area contributed by atoms with Gasteiger partial charge in [-0.25, -0.2) is 14.4 Å². The van der Waals surface area contributed by atoms with Crippen LogP contribution in [0.15, 0.2) is 18.6 Å². The van der Waals surface area contributed by atoms with Crippen molar-refractivity contribution in [3.8, 4) is 0 Å². The fourth-order valence-electron chi connectivity index (χ4n) is 5.36. The van der Waals surface area contributed by atoms with Crippen molar-refractivity contribution in [2.24, 2.45) is 11.3 Å². The number of aromatic nitrogens is 4. The van der Waals surface area contributed by atoms with Crippen molar-refractivity contribution in [3.63, 3.8) is 0 Å². The molecule has 5 heterocycles. The summed E-state index contributed by atoms with van der Waals surface area (Å²) in [5, 5.41) is 1.47. The molecule has 35 heavy (non-hydrogen) atoms. The van der Waals surface area contributed by atoms with E-state index in [2.05, 4.69) is 19.9 Å². The molecule has 1 spiro atoms. The minimum Gasteiger partial charge on any atom is -0.341 e. The summed E-state index contributed by atoms with van der Waals surface area (Å²) in [6, 6.07) is -0.232. The highest BCUT2D eigenvalue weighted by atomic mass is 19.1. The van der Waals surface area contributed by atoms with Crippen molar-refractivity contribution in [2.45, 2.75) is 51.5 Å². The largest absolute Gasteiger partial charge is 0.341 e. The summed E-state index contributed by atoms with van der Waals surface area (Å²) in [5.41, 5.74) is 1.27. The second kappa shape index (κ2) is 8.47. The molecular weight excluding hydrogens is 453 g/mol. The molecule has 0 N–H and O–H groups in total. The first-order valence-electron chi connectivity index (χ1n) is 12.3. The molecule has 6 rings (SSSR count). The van der Waals surface area contributed by atoms with Crippen LogP contribution in [0.3, 0.4) is 0 Å². The summed E-state index contributed by atoms with van der Waals surface area (Å²) in [4.78, 5) is 52.5. The molecule has 2 aromatic heterocycles. The second-order valence-electron chi connectivity index (χ2n) is 9.97. The zero-order valence-corrected chi connectivity index (χ0v) is 19.7. The van der Waals surface area contributed by atoms with Gasteiger partial charge in [0, 0.05) is 38.2 Å². The number of rotatable bonds is 4. The summed E-state index contributed by atoms with van der Waals surface area (Å²) < 4.78 is 14.6. The highest BCUT2D eigenvalue weighted by Gasteiger charge is 2.56. The average Bonchev–Trinajstić information content (AvgIpc) is 3.39. The van der Waals surface area contributed by atoms with Gasteiger partial charge in [0.25, 0.3) is 0 Å². The van der Waals surface area contributed by atoms with E-state index in [4.69, 9.17) is 4.84 Å². The number of amides is 2. The minimum absolute atomic E-state index is 0.0243. The lowest BCUT2D eigenvalue weighted by Gasteiger charge is -2.34. The monoisotopic (exact) mass is 481 g/mol. The van der Waals surface area contributed by atoms with Gasteiger partial charge in [-0.05, 0) is 39.0 Å². The Balaban J connectivity index is 1.12. The third-order valence-electron chi connectivity index (χ3n) is 7.73. The van der Waals surface area contributed by atoms with Gasteiger partial charge in [0.1, 0.15) is 6.04 Å². The lowest BCUT2D eigenvalue weighted by Crippen LogP contribution is -2.42. The fraction of sp³-hybridized carbons (Fsp3) is 0.583. The Morgan fingerprint density at radius 1 is 1.06 bits per heavy atom. The molecule has 1 saturated carbocycles. The van der Waals surface area contributed by atoms with E-state index in [1.807, 2.05) is 11.8 Å². The molecule has 4 fully saturated rings. The molecule has 0 aromatic carbocycles. The zero-order chi connectivity index (χ0) is 24.2. The number of carbonyl (C=O) groups excluding carboxylic acids is 2. The van der Waals surface area contributed by atoms with Gasteiger partial charge >= 0.3 is 0 Å². The first kappa shape index (κ1) is 22.3. The van der Waals surface area contributed by atoms with Crippen molar-refractivity contribution in [3.05, 3.63) is 35.8 Å². The Hall–Kier alpha value is -3.21. The Morgan fingerprint density at radius 3 is 2.54 bits per heavy atom. The quantitative estimate of drug-likeness (QED) is 0.656. The molecule has 1 atom stereocenters. The van der Waals surface area contributed by atoms with Crippen molar-refractivity contribution < 1.29 is 18.8 Å². The van der Waals surface area contributed by atoms with Crippen LogP contribution in [0.5, 0.6) is 0 Å². The molecule has 0 radical (unpaired) electrons. The Morgan fingerprint density at radius 2 is 1.86 bits per heavy atom. The van der Waals surface area contributed by atoms with Crippen molar-refractivity contribution >= 4 is 23.6 Å². The maximum Gasteiger partial charge on any atom is 0.250 e. The van der Waals surface area contributed by atoms with Crippen LogP contribution < -0.4 is 9.80 Å². The van der Waals surface area contributed by atoms with Gasteiger partial charge in [-0.3, -0.25) is 29.3 Å². The topological polar surface area (TPSA) is 105 Å². The summed E-state index contributed by atoms with van der Waals surface area (Å²) in [6.07, 6.45) is 8.95. The second-order valence-corrected chi connectivity index (χ2v) is 9.97. The number of anilines is 2. The van der Waals surface area contributed by atoms with E-state index in [1.54, 1.807) is 12.4 Å². The van der Waals surface area contributed by atoms with E-state index in [9.17, 15) is 14.0 Å². The Labute approximate surface area is 202 Å². The van der Waals surface area contributed by atoms with E-state index in [0.717, 1.165) is 36.8 Å². The summed E-state index contributed by atoms with van der Waals surface area (Å²) >= 11 is 0. The predicted octanol–water partition coefficient (Wildman–Crippen LogP) is 2.35. The van der Waals surface area contributed by atoms with Crippen LogP contribution in [0.4, 0.5) is 16.2 Å². The van der Waals surface area contributed by atoms with Gasteiger partial charge in [-0.15, -0.1) is 0 Å². The summed E-state index contributed by atoms with van der Waals surface area (Å²) in [6.45, 7) is 3.95. The predicted molar refractivity (Wildman–Crippen MR) is 122 cm³/mol. The molecule has 4 aliphatic rings. The Bertz CT molecular complexity index is 1150. The molecule has 10 nitrogen and oxygen atoms in total. The number of carbonyl (C=O) groups is 2. The lowest BCUT2D eigenvalue weighted by molar-refractivity contribution is -0.182. The molecule has 1 aliphatic carbocycles. The molecule has 11 heteroatoms. The van der Waals surface area contributed by atoms with Crippen molar-refractivity contribution in [2.75, 3.05) is 36.0 Å². The average molecular weight is 482 g/mol. The van der Waals surface area contributed by atoms with Crippen LogP contribution in [-0.4, -0.2) is 63.1 Å². The number of aryl methyl sites for hydroxylation is 1. The molecule has 0 unspecified atom stereocenters. The molecular formula is C24H28FN7O3. The molecule has 0 bridgehead atoms. The Kier molecular flexibility index (Phi) is 5.39. The molecule has 3 saturated heterocycles. The van der Waals surface area contributed by atoms with E-state index in [1.165, 1.54) is 9.96 Å². The van der Waals surface area contributed by atoms with Gasteiger partial charge in [0.2, 0.25) is 17.8 Å². The van der Waals surface area contributed by atoms with Gasteiger partial charge in [0.05, 0.1) is 35.8 Å². The maximum absolute atomic E-state index is 14.6. The van der Waals surface area contributed by atoms with Gasteiger partial charge in [-0.1, -0.05) is 0 Å². The molecule has 2 amide bonds. The van der Waals surface area contributed by atoms with Crippen LogP contribution in [0.1, 0.15) is 56.0 Å². The highest BCUT2D eigenvalue weighted by molar-refractivity contribution is 6.01.